The number of thiazole rings is 1. The molecule has 0 unspecified atom stereocenters. The van der Waals surface area contributed by atoms with Crippen LogP contribution < -0.4 is 5.32 Å². The molecule has 10 heteroatoms. The Morgan fingerprint density at radius 2 is 2.03 bits per heavy atom. The van der Waals surface area contributed by atoms with Crippen molar-refractivity contribution in [3.63, 3.8) is 0 Å². The first-order valence-corrected chi connectivity index (χ1v) is 12.3. The van der Waals surface area contributed by atoms with E-state index in [1.807, 2.05) is 31.4 Å². The molecule has 1 aliphatic heterocycles. The molecule has 2 aromatic heterocycles. The molecule has 0 bridgehead atoms. The largest absolute Gasteiger partial charge is 0.360 e. The first-order valence-electron chi connectivity index (χ1n) is 9.97. The third-order valence-corrected chi connectivity index (χ3v) is 8.36. The van der Waals surface area contributed by atoms with Crippen LogP contribution in [-0.4, -0.2) is 41.4 Å². The second-order valence-corrected chi connectivity index (χ2v) is 10.5. The molecule has 0 aliphatic carbocycles. The summed E-state index contributed by atoms with van der Waals surface area (Å²) in [5, 5.41) is 8.89. The summed E-state index contributed by atoms with van der Waals surface area (Å²) >= 11 is 1.32. The Morgan fingerprint density at radius 3 is 2.74 bits per heavy atom. The van der Waals surface area contributed by atoms with Gasteiger partial charge in [0.15, 0.2) is 10.9 Å². The van der Waals surface area contributed by atoms with Gasteiger partial charge in [-0.2, -0.15) is 4.31 Å². The number of amides is 1. The number of aromatic nitrogens is 2. The summed E-state index contributed by atoms with van der Waals surface area (Å²) in [6, 6.07) is 5.34. The zero-order valence-corrected chi connectivity index (χ0v) is 19.4. The fraction of sp³-hybridized carbons (Fsp3) is 0.381. The van der Waals surface area contributed by atoms with Gasteiger partial charge in [0.2, 0.25) is 15.9 Å². The van der Waals surface area contributed by atoms with E-state index in [4.69, 9.17) is 4.52 Å². The van der Waals surface area contributed by atoms with Gasteiger partial charge < -0.3 is 9.84 Å². The quantitative estimate of drug-likeness (QED) is 0.620. The molecule has 1 N–H and O–H groups in total. The molecule has 0 spiro atoms. The maximum Gasteiger partial charge on any atom is 0.249 e. The molecule has 1 aliphatic rings. The van der Waals surface area contributed by atoms with Gasteiger partial charge in [-0.25, -0.2) is 13.4 Å². The molecule has 1 aromatic carbocycles. The van der Waals surface area contributed by atoms with Crippen molar-refractivity contribution in [2.24, 2.45) is 0 Å². The summed E-state index contributed by atoms with van der Waals surface area (Å²) in [7, 11) is -3.89. The van der Waals surface area contributed by atoms with Gasteiger partial charge in [0.1, 0.15) is 16.6 Å². The zero-order chi connectivity index (χ0) is 22.3. The Morgan fingerprint density at radius 1 is 1.26 bits per heavy atom. The molecule has 3 aromatic rings. The number of hydrogen-bond acceptors (Lipinski definition) is 7. The van der Waals surface area contributed by atoms with Gasteiger partial charge in [-0.3, -0.25) is 4.79 Å². The van der Waals surface area contributed by atoms with E-state index in [2.05, 4.69) is 21.5 Å². The molecule has 1 fully saturated rings. The predicted molar refractivity (Wildman–Crippen MR) is 119 cm³/mol. The lowest BCUT2D eigenvalue weighted by Crippen LogP contribution is -2.43. The van der Waals surface area contributed by atoms with Gasteiger partial charge in [0, 0.05) is 17.5 Å². The van der Waals surface area contributed by atoms with E-state index < -0.39 is 16.1 Å². The number of nitrogens with one attached hydrogen (secondary N) is 1. The first kappa shape index (κ1) is 21.7. The van der Waals surface area contributed by atoms with E-state index in [1.165, 1.54) is 15.6 Å². The summed E-state index contributed by atoms with van der Waals surface area (Å²) in [5.74, 6) is -0.156. The lowest BCUT2D eigenvalue weighted by molar-refractivity contribution is -0.119. The minimum atomic E-state index is -3.89. The van der Waals surface area contributed by atoms with Crippen LogP contribution in [0.15, 0.2) is 33.0 Å². The van der Waals surface area contributed by atoms with Crippen LogP contribution in [0.3, 0.4) is 0 Å². The maximum absolute atomic E-state index is 13.2. The highest BCUT2D eigenvalue weighted by Gasteiger charge is 2.42. The van der Waals surface area contributed by atoms with Crippen LogP contribution in [0, 0.1) is 27.7 Å². The number of carbonyl (C=O) groups excluding carboxylic acids is 1. The van der Waals surface area contributed by atoms with Gasteiger partial charge in [-0.15, -0.1) is 11.3 Å². The molecule has 0 radical (unpaired) electrons. The van der Waals surface area contributed by atoms with E-state index >= 15 is 0 Å². The highest BCUT2D eigenvalue weighted by atomic mass is 32.2. The number of anilines is 1. The van der Waals surface area contributed by atoms with Gasteiger partial charge in [-0.05, 0) is 52.2 Å². The van der Waals surface area contributed by atoms with Crippen LogP contribution in [0.4, 0.5) is 5.13 Å². The molecule has 4 rings (SSSR count). The monoisotopic (exact) mass is 460 g/mol. The number of rotatable bonds is 5. The maximum atomic E-state index is 13.2. The van der Waals surface area contributed by atoms with Crippen molar-refractivity contribution < 1.29 is 17.7 Å². The molecule has 8 nitrogen and oxygen atoms in total. The van der Waals surface area contributed by atoms with Crippen molar-refractivity contribution in [2.75, 3.05) is 11.9 Å². The Balaban J connectivity index is 1.55. The van der Waals surface area contributed by atoms with Crippen molar-refractivity contribution in [1.82, 2.24) is 14.4 Å². The number of benzene rings is 1. The van der Waals surface area contributed by atoms with E-state index in [-0.39, 0.29) is 23.1 Å². The third-order valence-electron chi connectivity index (χ3n) is 5.44. The van der Waals surface area contributed by atoms with Crippen LogP contribution in [0.25, 0.3) is 11.3 Å². The normalized spacial score (nSPS) is 17.2. The van der Waals surface area contributed by atoms with Crippen molar-refractivity contribution >= 4 is 32.4 Å². The smallest absolute Gasteiger partial charge is 0.249 e. The second-order valence-electron chi connectivity index (χ2n) is 7.77. The van der Waals surface area contributed by atoms with Crippen molar-refractivity contribution in [3.05, 3.63) is 46.2 Å². The van der Waals surface area contributed by atoms with Crippen LogP contribution in [0.1, 0.15) is 35.4 Å². The summed E-state index contributed by atoms with van der Waals surface area (Å²) < 4.78 is 32.7. The molecule has 3 heterocycles. The van der Waals surface area contributed by atoms with Gasteiger partial charge in [0.05, 0.1) is 5.69 Å². The fourth-order valence-corrected chi connectivity index (χ4v) is 6.57. The van der Waals surface area contributed by atoms with E-state index in [1.54, 1.807) is 13.8 Å². The fourth-order valence-electron chi connectivity index (χ4n) is 3.91. The molecule has 1 atom stereocenters. The molecular formula is C21H24N4O4S2. The third kappa shape index (κ3) is 4.02. The number of nitrogens with zero attached hydrogens (tertiary/aromatic N) is 3. The lowest BCUT2D eigenvalue weighted by atomic mass is 10.0. The Bertz CT molecular complexity index is 1230. The molecule has 31 heavy (non-hydrogen) atoms. The SMILES string of the molecule is Cc1ccc(C)c(-c2csc(NC(=O)[C@@H]3CCCN3S(=O)(=O)c3c(C)noc3C)n2)c1. The summed E-state index contributed by atoms with van der Waals surface area (Å²) in [5.41, 5.74) is 4.32. The second kappa shape index (κ2) is 8.18. The predicted octanol–water partition coefficient (Wildman–Crippen LogP) is 3.82. The molecule has 0 saturated carbocycles. The number of carbonyl (C=O) groups is 1. The molecular weight excluding hydrogens is 436 g/mol. The number of sulfonamides is 1. The number of hydrogen-bond donors (Lipinski definition) is 1. The van der Waals surface area contributed by atoms with Crippen molar-refractivity contribution in [2.45, 2.75) is 51.5 Å². The standard InChI is InChI=1S/C21H24N4O4S2/c1-12-7-8-13(2)16(10-12)17-11-30-21(22-17)23-20(26)18-6-5-9-25(18)31(27,28)19-14(3)24-29-15(19)4/h7-8,10-11,18H,5-6,9H2,1-4H3,(H,22,23,26)/t18-/m0/s1. The average molecular weight is 461 g/mol. The van der Waals surface area contributed by atoms with Gasteiger partial charge in [0.25, 0.3) is 0 Å². The van der Waals surface area contributed by atoms with Crippen LogP contribution in [0.2, 0.25) is 0 Å². The molecule has 1 saturated heterocycles. The van der Waals surface area contributed by atoms with E-state index in [0.29, 0.717) is 23.7 Å². The van der Waals surface area contributed by atoms with Crippen LogP contribution in [-0.2, 0) is 14.8 Å². The summed E-state index contributed by atoms with van der Waals surface area (Å²) in [6.45, 7) is 7.45. The number of aryl methyl sites for hydroxylation is 4. The van der Waals surface area contributed by atoms with Crippen LogP contribution in [0.5, 0.6) is 0 Å². The highest BCUT2D eigenvalue weighted by molar-refractivity contribution is 7.89. The average Bonchev–Trinajstić information content (AvgIpc) is 3.44. The van der Waals surface area contributed by atoms with Gasteiger partial charge in [-0.1, -0.05) is 22.9 Å². The minimum Gasteiger partial charge on any atom is -0.360 e. The summed E-state index contributed by atoms with van der Waals surface area (Å²) in [6.07, 6.45) is 1.05. The first-order chi connectivity index (χ1) is 14.7. The Kier molecular flexibility index (Phi) is 5.71. The zero-order valence-electron chi connectivity index (χ0n) is 17.8. The van der Waals surface area contributed by atoms with Gasteiger partial charge >= 0.3 is 0 Å². The summed E-state index contributed by atoms with van der Waals surface area (Å²) in [4.78, 5) is 17.6. The molecule has 164 valence electrons. The molecule has 1 amide bonds. The van der Waals surface area contributed by atoms with E-state index in [0.717, 1.165) is 22.4 Å². The van der Waals surface area contributed by atoms with E-state index in [9.17, 15) is 13.2 Å². The van der Waals surface area contributed by atoms with Crippen molar-refractivity contribution in [3.8, 4) is 11.3 Å². The van der Waals surface area contributed by atoms with Crippen LogP contribution >= 0.6 is 11.3 Å². The topological polar surface area (TPSA) is 105 Å². The lowest BCUT2D eigenvalue weighted by Gasteiger charge is -2.22. The minimum absolute atomic E-state index is 0.0404. The highest BCUT2D eigenvalue weighted by Crippen LogP contribution is 2.32. The van der Waals surface area contributed by atoms with Crippen molar-refractivity contribution in [1.29, 1.82) is 0 Å². The Hall–Kier alpha value is -2.56. The Labute approximate surface area is 185 Å².